The number of nitrogens with zero attached hydrogens (tertiary/aromatic N) is 4. The van der Waals surface area contributed by atoms with Gasteiger partial charge in [-0.15, -0.1) is 0 Å². The predicted molar refractivity (Wildman–Crippen MR) is 121 cm³/mol. The van der Waals surface area contributed by atoms with Gasteiger partial charge in [0.1, 0.15) is 0 Å². The van der Waals surface area contributed by atoms with Crippen LogP contribution < -0.4 is 10.2 Å². The highest BCUT2D eigenvalue weighted by molar-refractivity contribution is 5.99. The maximum Gasteiger partial charge on any atom is 0.278 e. The molecule has 0 radical (unpaired) electrons. The van der Waals surface area contributed by atoms with Crippen LogP contribution in [0, 0.1) is 17.0 Å². The van der Waals surface area contributed by atoms with E-state index in [1.54, 1.807) is 18.5 Å². The lowest BCUT2D eigenvalue weighted by Gasteiger charge is -2.39. The maximum absolute atomic E-state index is 12.8. The molecule has 160 valence electrons. The fourth-order valence-corrected chi connectivity index (χ4v) is 4.06. The first-order chi connectivity index (χ1) is 15.0. The Morgan fingerprint density at radius 2 is 1.84 bits per heavy atom. The van der Waals surface area contributed by atoms with Crippen LogP contribution in [0.15, 0.2) is 54.9 Å². The average Bonchev–Trinajstić information content (AvgIpc) is 2.79. The first-order valence-corrected chi connectivity index (χ1v) is 10.3. The summed E-state index contributed by atoms with van der Waals surface area (Å²) in [7, 11) is 0. The molecule has 1 aliphatic rings. The number of rotatable bonds is 5. The van der Waals surface area contributed by atoms with Crippen molar-refractivity contribution in [3.63, 3.8) is 0 Å². The van der Waals surface area contributed by atoms with E-state index < -0.39 is 0 Å². The zero-order valence-electron chi connectivity index (χ0n) is 17.6. The zero-order chi connectivity index (χ0) is 22.0. The third-order valence-corrected chi connectivity index (χ3v) is 5.95. The van der Waals surface area contributed by atoms with Crippen LogP contribution in [-0.4, -0.2) is 52.9 Å². The number of aryl methyl sites for hydroxylation is 1. The van der Waals surface area contributed by atoms with Gasteiger partial charge in [0.25, 0.3) is 5.69 Å². The molecule has 1 aromatic heterocycles. The molecule has 1 N–H and O–H groups in total. The van der Waals surface area contributed by atoms with Crippen molar-refractivity contribution < 1.29 is 9.72 Å². The molecule has 3 aromatic rings. The summed E-state index contributed by atoms with van der Waals surface area (Å²) in [6.45, 7) is 6.82. The van der Waals surface area contributed by atoms with Gasteiger partial charge in [0.15, 0.2) is 0 Å². The van der Waals surface area contributed by atoms with Crippen molar-refractivity contribution in [1.29, 1.82) is 0 Å². The topological polar surface area (TPSA) is 91.6 Å². The van der Waals surface area contributed by atoms with E-state index in [-0.39, 0.29) is 22.6 Å². The van der Waals surface area contributed by atoms with Crippen molar-refractivity contribution in [3.05, 3.63) is 70.5 Å². The third kappa shape index (κ3) is 4.20. The second-order valence-electron chi connectivity index (χ2n) is 7.79. The summed E-state index contributed by atoms with van der Waals surface area (Å²) in [4.78, 5) is 32.2. The van der Waals surface area contributed by atoms with E-state index >= 15 is 0 Å². The van der Waals surface area contributed by atoms with Gasteiger partial charge in [0.05, 0.1) is 16.4 Å². The van der Waals surface area contributed by atoms with E-state index in [1.165, 1.54) is 0 Å². The van der Waals surface area contributed by atoms with Gasteiger partial charge in [-0.05, 0) is 37.6 Å². The number of pyridine rings is 1. The van der Waals surface area contributed by atoms with Gasteiger partial charge in [0, 0.05) is 61.4 Å². The highest BCUT2D eigenvalue weighted by Gasteiger charge is 2.27. The molecule has 0 unspecified atom stereocenters. The SMILES string of the molecule is Cc1ccccc1NC(=O)[C@@H](C)N1CCN(c2ccc([N+](=O)[O-])c3cnccc23)CC1. The molecule has 31 heavy (non-hydrogen) atoms. The van der Waals surface area contributed by atoms with Gasteiger partial charge >= 0.3 is 0 Å². The van der Waals surface area contributed by atoms with Crippen LogP contribution in [-0.2, 0) is 4.79 Å². The Bertz CT molecular complexity index is 1130. The minimum Gasteiger partial charge on any atom is -0.368 e. The number of nitro benzene ring substituents is 1. The van der Waals surface area contributed by atoms with Crippen molar-refractivity contribution in [2.75, 3.05) is 36.4 Å². The van der Waals surface area contributed by atoms with Crippen molar-refractivity contribution >= 4 is 33.7 Å². The van der Waals surface area contributed by atoms with E-state index in [9.17, 15) is 14.9 Å². The van der Waals surface area contributed by atoms with Crippen molar-refractivity contribution in [2.24, 2.45) is 0 Å². The minimum atomic E-state index is -0.375. The molecule has 1 saturated heterocycles. The van der Waals surface area contributed by atoms with Crippen LogP contribution in [0.2, 0.25) is 0 Å². The molecule has 2 heterocycles. The molecule has 0 bridgehead atoms. The number of benzene rings is 2. The number of hydrogen-bond acceptors (Lipinski definition) is 6. The normalized spacial score (nSPS) is 15.6. The Morgan fingerprint density at radius 3 is 2.55 bits per heavy atom. The lowest BCUT2D eigenvalue weighted by Crippen LogP contribution is -2.52. The van der Waals surface area contributed by atoms with E-state index in [0.717, 1.165) is 48.5 Å². The van der Waals surface area contributed by atoms with Gasteiger partial charge < -0.3 is 10.2 Å². The molecule has 1 aliphatic heterocycles. The number of non-ortho nitro benzene ring substituents is 1. The Balaban J connectivity index is 1.45. The Kier molecular flexibility index (Phi) is 5.81. The fourth-order valence-electron chi connectivity index (χ4n) is 4.06. The number of carbonyl (C=O) groups excluding carboxylic acids is 1. The van der Waals surface area contributed by atoms with Crippen molar-refractivity contribution in [2.45, 2.75) is 19.9 Å². The fraction of sp³-hybridized carbons (Fsp3) is 0.304. The first kappa shape index (κ1) is 20.7. The largest absolute Gasteiger partial charge is 0.368 e. The molecule has 8 heteroatoms. The van der Waals surface area contributed by atoms with E-state index in [2.05, 4.69) is 20.1 Å². The Morgan fingerprint density at radius 1 is 1.10 bits per heavy atom. The summed E-state index contributed by atoms with van der Waals surface area (Å²) in [5, 5.41) is 15.7. The smallest absolute Gasteiger partial charge is 0.278 e. The molecule has 4 rings (SSSR count). The summed E-state index contributed by atoms with van der Waals surface area (Å²) in [6.07, 6.45) is 3.20. The molecule has 1 amide bonds. The summed E-state index contributed by atoms with van der Waals surface area (Å²) in [6, 6.07) is 12.7. The number of amides is 1. The summed E-state index contributed by atoms with van der Waals surface area (Å²) in [5.41, 5.74) is 2.89. The van der Waals surface area contributed by atoms with E-state index in [1.807, 2.05) is 50.2 Å². The summed E-state index contributed by atoms with van der Waals surface area (Å²) >= 11 is 0. The quantitative estimate of drug-likeness (QED) is 0.502. The molecular weight excluding hydrogens is 394 g/mol. The average molecular weight is 419 g/mol. The maximum atomic E-state index is 12.8. The van der Waals surface area contributed by atoms with Crippen LogP contribution >= 0.6 is 0 Å². The van der Waals surface area contributed by atoms with Gasteiger partial charge in [-0.25, -0.2) is 0 Å². The number of nitro groups is 1. The molecule has 2 aromatic carbocycles. The number of fused-ring (bicyclic) bond motifs is 1. The number of nitrogens with one attached hydrogen (secondary N) is 1. The summed E-state index contributed by atoms with van der Waals surface area (Å²) < 4.78 is 0. The van der Waals surface area contributed by atoms with E-state index in [0.29, 0.717) is 5.39 Å². The van der Waals surface area contributed by atoms with Gasteiger partial charge in [-0.2, -0.15) is 0 Å². The van der Waals surface area contributed by atoms with Crippen LogP contribution in [0.25, 0.3) is 10.8 Å². The monoisotopic (exact) mass is 419 g/mol. The van der Waals surface area contributed by atoms with Crippen molar-refractivity contribution in [3.8, 4) is 0 Å². The molecule has 1 fully saturated rings. The van der Waals surface area contributed by atoms with E-state index in [4.69, 9.17) is 0 Å². The lowest BCUT2D eigenvalue weighted by molar-refractivity contribution is -0.383. The Hall–Kier alpha value is -3.52. The molecular formula is C23H25N5O3. The van der Waals surface area contributed by atoms with Crippen molar-refractivity contribution in [1.82, 2.24) is 9.88 Å². The number of carbonyl (C=O) groups is 1. The minimum absolute atomic E-state index is 0.0189. The van der Waals surface area contributed by atoms with Crippen LogP contribution in [0.1, 0.15) is 12.5 Å². The second kappa shape index (κ2) is 8.69. The number of aromatic nitrogens is 1. The number of hydrogen-bond donors (Lipinski definition) is 1. The third-order valence-electron chi connectivity index (χ3n) is 5.95. The highest BCUT2D eigenvalue weighted by atomic mass is 16.6. The number of para-hydroxylation sites is 1. The van der Waals surface area contributed by atoms with Gasteiger partial charge in [0.2, 0.25) is 5.91 Å². The summed E-state index contributed by atoms with van der Waals surface area (Å²) in [5.74, 6) is -0.0189. The number of anilines is 2. The standard InChI is InChI=1S/C23H25N5O3/c1-16-5-3-4-6-20(16)25-23(29)17(2)26-11-13-27(14-12-26)21-7-8-22(28(30)31)19-15-24-10-9-18(19)21/h3-10,15,17H,11-14H2,1-2H3,(H,25,29)/t17-/m1/s1. The highest BCUT2D eigenvalue weighted by Crippen LogP contribution is 2.33. The molecule has 8 nitrogen and oxygen atoms in total. The van der Waals surface area contributed by atoms with Crippen LogP contribution in [0.5, 0.6) is 0 Å². The van der Waals surface area contributed by atoms with Gasteiger partial charge in [-0.1, -0.05) is 18.2 Å². The van der Waals surface area contributed by atoms with Gasteiger partial charge in [-0.3, -0.25) is 24.8 Å². The lowest BCUT2D eigenvalue weighted by atomic mass is 10.1. The van der Waals surface area contributed by atoms with Crippen LogP contribution in [0.4, 0.5) is 17.1 Å². The predicted octanol–water partition coefficient (Wildman–Crippen LogP) is 3.60. The Labute approximate surface area is 180 Å². The second-order valence-corrected chi connectivity index (χ2v) is 7.79. The molecule has 1 atom stereocenters. The van der Waals surface area contributed by atoms with Crippen LogP contribution in [0.3, 0.4) is 0 Å². The zero-order valence-corrected chi connectivity index (χ0v) is 17.6. The molecule has 0 spiro atoms. The first-order valence-electron chi connectivity index (χ1n) is 10.3. The number of piperazine rings is 1. The molecule has 0 aliphatic carbocycles. The molecule has 0 saturated carbocycles.